The third-order valence-electron chi connectivity index (χ3n) is 5.17. The van der Waals surface area contributed by atoms with Crippen molar-refractivity contribution < 1.29 is 19.5 Å². The molecule has 130 valence electrons. The van der Waals surface area contributed by atoms with Crippen molar-refractivity contribution in [2.45, 2.75) is 44.9 Å². The van der Waals surface area contributed by atoms with Gasteiger partial charge in [0.1, 0.15) is 0 Å². The van der Waals surface area contributed by atoms with Crippen LogP contribution in [0.4, 0.5) is 0 Å². The highest BCUT2D eigenvalue weighted by Gasteiger charge is 2.37. The lowest BCUT2D eigenvalue weighted by molar-refractivity contribution is -0.137. The minimum absolute atomic E-state index is 0.00216. The van der Waals surface area contributed by atoms with E-state index in [1.807, 2.05) is 0 Å². The van der Waals surface area contributed by atoms with E-state index in [0.29, 0.717) is 5.41 Å². The Balaban J connectivity index is 1.65. The van der Waals surface area contributed by atoms with Crippen molar-refractivity contribution in [1.29, 1.82) is 0 Å². The fourth-order valence-electron chi connectivity index (χ4n) is 3.63. The van der Waals surface area contributed by atoms with Crippen LogP contribution in [0, 0.1) is 11.3 Å². The van der Waals surface area contributed by atoms with Crippen LogP contribution in [0.2, 0.25) is 0 Å². The molecule has 7 heteroatoms. The summed E-state index contributed by atoms with van der Waals surface area (Å²) in [4.78, 5) is 34.0. The number of amides is 2. The highest BCUT2D eigenvalue weighted by molar-refractivity contribution is 5.86. The third-order valence-corrected chi connectivity index (χ3v) is 5.17. The molecule has 1 spiro atoms. The van der Waals surface area contributed by atoms with Gasteiger partial charge in [0.15, 0.2) is 0 Å². The number of carbonyl (C=O) groups is 3. The average molecular weight is 325 g/mol. The van der Waals surface area contributed by atoms with Gasteiger partial charge in [0.2, 0.25) is 11.8 Å². The van der Waals surface area contributed by atoms with Crippen LogP contribution in [0.15, 0.2) is 0 Å². The first kappa shape index (κ1) is 17.7. The molecule has 2 aliphatic rings. The zero-order valence-electron chi connectivity index (χ0n) is 13.5. The zero-order chi connectivity index (χ0) is 16.7. The summed E-state index contributed by atoms with van der Waals surface area (Å²) in [6.07, 6.45) is 6.27. The van der Waals surface area contributed by atoms with Crippen LogP contribution in [-0.2, 0) is 14.4 Å². The number of carbonyl (C=O) groups excluding carboxylic acids is 2. The molecule has 7 nitrogen and oxygen atoms in total. The molecule has 23 heavy (non-hydrogen) atoms. The first-order valence-corrected chi connectivity index (χ1v) is 8.48. The van der Waals surface area contributed by atoms with Gasteiger partial charge in [-0.3, -0.25) is 14.4 Å². The average Bonchev–Trinajstić information content (AvgIpc) is 2.54. The number of carboxylic acids is 1. The molecule has 0 aromatic carbocycles. The Kier molecular flexibility index (Phi) is 6.38. The molecule has 1 saturated heterocycles. The fourth-order valence-corrected chi connectivity index (χ4v) is 3.63. The Morgan fingerprint density at radius 3 is 2.30 bits per heavy atom. The highest BCUT2D eigenvalue weighted by Crippen LogP contribution is 2.45. The van der Waals surface area contributed by atoms with Crippen LogP contribution < -0.4 is 16.0 Å². The van der Waals surface area contributed by atoms with Crippen LogP contribution in [-0.4, -0.2) is 49.1 Å². The van der Waals surface area contributed by atoms with Crippen molar-refractivity contribution in [2.75, 3.05) is 26.2 Å². The summed E-state index contributed by atoms with van der Waals surface area (Å²) in [5.74, 6) is -1.35. The van der Waals surface area contributed by atoms with Crippen LogP contribution in [0.1, 0.15) is 44.9 Å². The molecule has 1 saturated carbocycles. The number of hydrogen-bond donors (Lipinski definition) is 4. The van der Waals surface area contributed by atoms with Crippen molar-refractivity contribution in [1.82, 2.24) is 16.0 Å². The van der Waals surface area contributed by atoms with Gasteiger partial charge in [-0.25, -0.2) is 0 Å². The summed E-state index contributed by atoms with van der Waals surface area (Å²) in [7, 11) is 0. The maximum atomic E-state index is 12.2. The summed E-state index contributed by atoms with van der Waals surface area (Å²) < 4.78 is 0. The Morgan fingerprint density at radius 2 is 1.70 bits per heavy atom. The molecular weight excluding hydrogens is 298 g/mol. The molecule has 0 radical (unpaired) electrons. The lowest BCUT2D eigenvalue weighted by Crippen LogP contribution is -2.44. The van der Waals surface area contributed by atoms with Gasteiger partial charge in [0.25, 0.3) is 0 Å². The van der Waals surface area contributed by atoms with Crippen molar-refractivity contribution in [3.8, 4) is 0 Å². The molecular formula is C16H27N3O4. The van der Waals surface area contributed by atoms with Gasteiger partial charge >= 0.3 is 5.97 Å². The van der Waals surface area contributed by atoms with E-state index in [1.54, 1.807) is 0 Å². The molecule has 0 unspecified atom stereocenters. The van der Waals surface area contributed by atoms with E-state index in [1.165, 1.54) is 12.8 Å². The topological polar surface area (TPSA) is 108 Å². The predicted molar refractivity (Wildman–Crippen MR) is 84.8 cm³/mol. The molecule has 4 N–H and O–H groups in total. The van der Waals surface area contributed by atoms with E-state index in [0.717, 1.165) is 38.8 Å². The van der Waals surface area contributed by atoms with Crippen LogP contribution >= 0.6 is 0 Å². The smallest absolute Gasteiger partial charge is 0.305 e. The molecule has 0 bridgehead atoms. The van der Waals surface area contributed by atoms with Crippen molar-refractivity contribution in [3.05, 3.63) is 0 Å². The Bertz CT molecular complexity index is 437. The molecule has 2 amide bonds. The highest BCUT2D eigenvalue weighted by atomic mass is 16.4. The zero-order valence-corrected chi connectivity index (χ0v) is 13.5. The monoisotopic (exact) mass is 325 g/mol. The molecule has 1 heterocycles. The summed E-state index contributed by atoms with van der Waals surface area (Å²) in [6, 6.07) is 0. The summed E-state index contributed by atoms with van der Waals surface area (Å²) in [5, 5.41) is 17.0. The lowest BCUT2D eigenvalue weighted by Gasteiger charge is -2.42. The second-order valence-corrected chi connectivity index (χ2v) is 6.74. The normalized spacial score (nSPS) is 20.9. The summed E-state index contributed by atoms with van der Waals surface area (Å²) in [5.41, 5.74) is 0.427. The van der Waals surface area contributed by atoms with E-state index in [2.05, 4.69) is 16.0 Å². The molecule has 0 aromatic heterocycles. The summed E-state index contributed by atoms with van der Waals surface area (Å²) in [6.45, 7) is 2.16. The number of piperidine rings is 1. The van der Waals surface area contributed by atoms with Gasteiger partial charge in [-0.2, -0.15) is 0 Å². The van der Waals surface area contributed by atoms with E-state index < -0.39 is 5.97 Å². The summed E-state index contributed by atoms with van der Waals surface area (Å²) >= 11 is 0. The standard InChI is InChI=1S/C16H27N3O4/c20-13(18-8-3-14(21)22)11-19-15(23)12-1-4-16(5-2-12)6-9-17-10-7-16/h12,17H,1-11H2,(H,18,20)(H,19,23)(H,21,22). The number of carboxylic acid groups (broad SMARTS) is 1. The van der Waals surface area contributed by atoms with Gasteiger partial charge in [0.05, 0.1) is 13.0 Å². The number of hydrogen-bond acceptors (Lipinski definition) is 4. The molecule has 0 aromatic rings. The first-order chi connectivity index (χ1) is 11.0. The second kappa shape index (κ2) is 8.29. The van der Waals surface area contributed by atoms with Gasteiger partial charge in [0, 0.05) is 12.5 Å². The maximum Gasteiger partial charge on any atom is 0.305 e. The van der Waals surface area contributed by atoms with Crippen LogP contribution in [0.5, 0.6) is 0 Å². The maximum absolute atomic E-state index is 12.2. The Hall–Kier alpha value is -1.63. The van der Waals surface area contributed by atoms with Crippen molar-refractivity contribution in [2.24, 2.45) is 11.3 Å². The molecule has 0 atom stereocenters. The van der Waals surface area contributed by atoms with Crippen LogP contribution in [0.25, 0.3) is 0 Å². The first-order valence-electron chi connectivity index (χ1n) is 8.48. The van der Waals surface area contributed by atoms with E-state index in [-0.39, 0.29) is 37.2 Å². The minimum Gasteiger partial charge on any atom is -0.481 e. The predicted octanol–water partition coefficient (Wildman–Crippen LogP) is 0.254. The molecule has 1 aliphatic heterocycles. The number of aliphatic carboxylic acids is 1. The quantitative estimate of drug-likeness (QED) is 0.560. The SMILES string of the molecule is O=C(O)CCNC(=O)CNC(=O)C1CCC2(CCNCC2)CC1. The van der Waals surface area contributed by atoms with E-state index in [9.17, 15) is 14.4 Å². The van der Waals surface area contributed by atoms with Gasteiger partial charge in [-0.05, 0) is 57.0 Å². The van der Waals surface area contributed by atoms with Crippen molar-refractivity contribution in [3.63, 3.8) is 0 Å². The molecule has 1 aliphatic carbocycles. The molecule has 2 rings (SSSR count). The second-order valence-electron chi connectivity index (χ2n) is 6.74. The largest absolute Gasteiger partial charge is 0.481 e. The number of nitrogens with one attached hydrogen (secondary N) is 3. The Morgan fingerprint density at radius 1 is 1.04 bits per heavy atom. The molecule has 2 fully saturated rings. The van der Waals surface area contributed by atoms with E-state index in [4.69, 9.17) is 5.11 Å². The van der Waals surface area contributed by atoms with Gasteiger partial charge in [-0.1, -0.05) is 0 Å². The minimum atomic E-state index is -0.955. The Labute approximate surface area is 136 Å². The number of rotatable bonds is 6. The van der Waals surface area contributed by atoms with Crippen LogP contribution in [0.3, 0.4) is 0 Å². The van der Waals surface area contributed by atoms with Gasteiger partial charge < -0.3 is 21.1 Å². The van der Waals surface area contributed by atoms with Gasteiger partial charge in [-0.15, -0.1) is 0 Å². The van der Waals surface area contributed by atoms with Crippen molar-refractivity contribution >= 4 is 17.8 Å². The third kappa shape index (κ3) is 5.49. The lowest BCUT2D eigenvalue weighted by atomic mass is 9.65. The fraction of sp³-hybridized carbons (Fsp3) is 0.812. The van der Waals surface area contributed by atoms with E-state index >= 15 is 0 Å².